The van der Waals surface area contributed by atoms with Crippen molar-refractivity contribution in [1.82, 2.24) is 20.0 Å². The number of aliphatic carboxylic acids is 1. The Kier molecular flexibility index (Phi) is 39.4. The largest absolute Gasteiger partial charge is 0.533 e. The van der Waals surface area contributed by atoms with Crippen molar-refractivity contribution in [3.63, 3.8) is 0 Å². The number of carboxylic acid groups (broad SMARTS) is 1. The van der Waals surface area contributed by atoms with E-state index in [1.54, 1.807) is 41.0 Å². The van der Waals surface area contributed by atoms with Crippen LogP contribution in [-0.2, 0) is 72.1 Å². The van der Waals surface area contributed by atoms with Crippen LogP contribution in [0.3, 0.4) is 0 Å². The molecule has 0 radical (unpaired) electrons. The number of sulfone groups is 1. The van der Waals surface area contributed by atoms with Gasteiger partial charge in [0, 0.05) is 88.2 Å². The second kappa shape index (κ2) is 39.8. The van der Waals surface area contributed by atoms with Crippen molar-refractivity contribution in [3.8, 4) is 5.75 Å². The number of rotatable bonds is 7. The highest BCUT2D eigenvalue weighted by atomic mass is 33.1. The molecule has 0 aliphatic carbocycles. The summed E-state index contributed by atoms with van der Waals surface area (Å²) in [6.07, 6.45) is 7.21. The summed E-state index contributed by atoms with van der Waals surface area (Å²) in [5.41, 5.74) is 0.449. The number of carbonyl (C=O) groups excluding carboxylic acids is 10. The predicted octanol–water partition coefficient (Wildman–Crippen LogP) is 4.59. The van der Waals surface area contributed by atoms with Crippen molar-refractivity contribution >= 4 is 116 Å². The van der Waals surface area contributed by atoms with Gasteiger partial charge in [0.05, 0.1) is 19.1 Å². The van der Waals surface area contributed by atoms with Crippen LogP contribution in [0.25, 0.3) is 0 Å². The number of benzene rings is 1. The summed E-state index contributed by atoms with van der Waals surface area (Å²) in [6, 6.07) is 11.0. The minimum absolute atomic E-state index is 0.0674. The number of carboxylic acids is 1. The summed E-state index contributed by atoms with van der Waals surface area (Å²) in [5.74, 6) is -3.67. The lowest BCUT2D eigenvalue weighted by Gasteiger charge is -2.10. The summed E-state index contributed by atoms with van der Waals surface area (Å²) >= 11 is 3.53. The molecule has 0 saturated carbocycles. The van der Waals surface area contributed by atoms with Crippen LogP contribution in [0.1, 0.15) is 53.4 Å². The summed E-state index contributed by atoms with van der Waals surface area (Å²) in [4.78, 5) is 137. The molecule has 1 N–H and O–H groups in total. The molecule has 2 saturated heterocycles. The Bertz CT molecular complexity index is 2180. The fraction of sp³-hybridized carbons (Fsp3) is 0.350. The predicted molar refractivity (Wildman–Crippen MR) is 254 cm³/mol. The lowest BCUT2D eigenvalue weighted by atomic mass is 10.3. The fourth-order valence-corrected chi connectivity index (χ4v) is 4.74. The molecule has 70 heavy (non-hydrogen) atoms. The van der Waals surface area contributed by atoms with Gasteiger partial charge >= 0.3 is 18.3 Å². The normalized spacial score (nSPS) is 12.6. The molecule has 0 unspecified atom stereocenters. The highest BCUT2D eigenvalue weighted by Crippen LogP contribution is 2.25. The van der Waals surface area contributed by atoms with E-state index < -0.39 is 62.6 Å². The number of non-ortho nitro benzene ring substituents is 1. The molecule has 388 valence electrons. The molecule has 2 fully saturated rings. The molecule has 4 heterocycles. The molecule has 5 rings (SSSR count). The molecule has 1 aromatic carbocycles. The number of aromatic nitrogens is 1. The standard InChI is InChI=1S/C8H7NO5.C6H7NO5.C6H7NO4.C6H7NO2.C6H7NS2.C3H6O2S.C2H4O2.C2H4O.CH4S/c1-13-8(10)14-7-4-2-6(3-5-7)9(11)12;1-11-6(10)12-7-4(8)2-3-5(7)9;1-4(8)11-7-5(9)2-3-6(7)10;1-4-3-5(8)7(2)6(4)9;1-8-9-6-4-2-3-5-7-6;1-3-6(2,4)5;1-2(3)4;1-2-3;1-2/h2-5H,1H3;2-3H2,1H3;2-3H2,1H3;3H,1-2H3;2-5H,1H3;3H,1H2,2H3;1H3,(H,3,4);2H,1H3;2H,1H3. The maximum absolute atomic E-state index is 10.8. The van der Waals surface area contributed by atoms with Crippen LogP contribution in [0.5, 0.6) is 5.75 Å². The number of aldehydes is 1. The van der Waals surface area contributed by atoms with Gasteiger partial charge in [0.1, 0.15) is 17.1 Å². The molecule has 6 amide bonds. The Morgan fingerprint density at radius 2 is 1.27 bits per heavy atom. The smallest absolute Gasteiger partial charge is 0.481 e. The molecular formula is C40H53N5O21S4. The van der Waals surface area contributed by atoms with E-state index in [1.165, 1.54) is 51.4 Å². The molecule has 0 bridgehead atoms. The van der Waals surface area contributed by atoms with Crippen LogP contribution in [0, 0.1) is 10.1 Å². The van der Waals surface area contributed by atoms with Gasteiger partial charge in [-0.15, -0.1) is 5.06 Å². The molecule has 0 atom stereocenters. The molecule has 0 spiro atoms. The molecule has 3 aliphatic rings. The summed E-state index contributed by atoms with van der Waals surface area (Å²) in [7, 11) is 4.23. The number of nitro benzene ring substituents is 1. The monoisotopic (exact) mass is 1070 g/mol. The van der Waals surface area contributed by atoms with E-state index in [4.69, 9.17) is 14.7 Å². The van der Waals surface area contributed by atoms with Crippen molar-refractivity contribution < 1.29 is 95.1 Å². The minimum atomic E-state index is -2.90. The topological polar surface area (TPSA) is 354 Å². The first kappa shape index (κ1) is 69.4. The van der Waals surface area contributed by atoms with Crippen molar-refractivity contribution in [2.75, 3.05) is 40.0 Å². The molecule has 2 aromatic rings. The summed E-state index contributed by atoms with van der Waals surface area (Å²) in [6.45, 7) is 8.34. The number of imide groups is 3. The third-order valence-electron chi connectivity index (χ3n) is 6.40. The number of amides is 6. The number of likely N-dealkylation sites (N-methyl/N-ethyl adjacent to an activating group) is 1. The van der Waals surface area contributed by atoms with Gasteiger partial charge in [-0.05, 0) is 61.4 Å². The first-order valence-corrected chi connectivity index (χ1v) is 24.2. The average Bonchev–Trinajstić information content (AvgIpc) is 3.88. The van der Waals surface area contributed by atoms with Crippen molar-refractivity contribution in [2.24, 2.45) is 0 Å². The van der Waals surface area contributed by atoms with Crippen LogP contribution in [0.15, 0.2) is 77.3 Å². The minimum Gasteiger partial charge on any atom is -0.481 e. The van der Waals surface area contributed by atoms with E-state index in [2.05, 4.69) is 48.1 Å². The molecule has 26 nitrogen and oxygen atoms in total. The van der Waals surface area contributed by atoms with Gasteiger partial charge in [0.2, 0.25) is 0 Å². The fourth-order valence-electron chi connectivity index (χ4n) is 3.52. The Hall–Kier alpha value is -7.18. The number of methoxy groups -OCH3 is 2. The van der Waals surface area contributed by atoms with Crippen LogP contribution in [0.4, 0.5) is 15.3 Å². The third kappa shape index (κ3) is 35.0. The van der Waals surface area contributed by atoms with Crippen LogP contribution >= 0.6 is 34.2 Å². The second-order valence-electron chi connectivity index (χ2n) is 11.8. The van der Waals surface area contributed by atoms with E-state index in [-0.39, 0.29) is 48.9 Å². The van der Waals surface area contributed by atoms with E-state index >= 15 is 0 Å². The maximum Gasteiger partial charge on any atom is 0.533 e. The number of hydrogen-bond donors (Lipinski definition) is 2. The van der Waals surface area contributed by atoms with Crippen molar-refractivity contribution in [1.29, 1.82) is 0 Å². The van der Waals surface area contributed by atoms with Gasteiger partial charge < -0.3 is 28.9 Å². The van der Waals surface area contributed by atoms with Crippen LogP contribution in [-0.4, -0.2) is 144 Å². The quantitative estimate of drug-likeness (QED) is 0.0559. The van der Waals surface area contributed by atoms with E-state index in [9.17, 15) is 61.7 Å². The highest BCUT2D eigenvalue weighted by molar-refractivity contribution is 8.76. The first-order valence-electron chi connectivity index (χ1n) is 18.8. The number of hydroxylamine groups is 4. The molecule has 3 aliphatic heterocycles. The average molecular weight is 1070 g/mol. The van der Waals surface area contributed by atoms with Gasteiger partial charge in [-0.1, -0.05) is 28.5 Å². The number of pyridine rings is 1. The number of thiol groups is 1. The Balaban J connectivity index is -0.000000365. The highest BCUT2D eigenvalue weighted by Gasteiger charge is 2.33. The SMILES string of the molecule is C=CS(C)(=O)=O.CC(=O)O.CC(=O)ON1C(=O)CCC1=O.CC1=CC(=O)N(C)C1=O.CC=O.COC(=O)ON1C(=O)CCC1=O.COC(=O)Oc1ccc([N+](=O)[O-])cc1.CS.CSSc1ccccn1. The van der Waals surface area contributed by atoms with Crippen LogP contribution in [0.2, 0.25) is 0 Å². The maximum atomic E-state index is 10.8. The van der Waals surface area contributed by atoms with Gasteiger partial charge in [0.25, 0.3) is 47.1 Å². The van der Waals surface area contributed by atoms with Gasteiger partial charge in [-0.2, -0.15) is 12.6 Å². The first-order chi connectivity index (χ1) is 32.7. The zero-order valence-electron chi connectivity index (χ0n) is 39.4. The molecule has 30 heteroatoms. The number of ether oxygens (including phenoxy) is 3. The number of nitrogens with zero attached hydrogens (tertiary/aromatic N) is 5. The lowest BCUT2D eigenvalue weighted by molar-refractivity contribution is -0.384. The van der Waals surface area contributed by atoms with Gasteiger partial charge in [-0.3, -0.25) is 53.4 Å². The van der Waals surface area contributed by atoms with E-state index in [0.717, 1.165) is 48.8 Å². The molecule has 1 aromatic heterocycles. The zero-order chi connectivity index (χ0) is 55.2. The summed E-state index contributed by atoms with van der Waals surface area (Å²) < 4.78 is 32.7. The number of carbonyl (C=O) groups is 11. The van der Waals surface area contributed by atoms with Gasteiger partial charge in [0.15, 0.2) is 9.84 Å². The lowest BCUT2D eigenvalue weighted by Crippen LogP contribution is -2.31. The Morgan fingerprint density at radius 3 is 1.54 bits per heavy atom. The number of nitro groups is 1. The summed E-state index contributed by atoms with van der Waals surface area (Å²) in [5, 5.41) is 20.6. The zero-order valence-corrected chi connectivity index (χ0v) is 42.8. The van der Waals surface area contributed by atoms with E-state index in [0.29, 0.717) is 15.7 Å². The molecular weight excluding hydrogens is 1010 g/mol. The van der Waals surface area contributed by atoms with Crippen molar-refractivity contribution in [2.45, 2.75) is 58.4 Å². The van der Waals surface area contributed by atoms with Crippen molar-refractivity contribution in [3.05, 3.63) is 82.4 Å². The third-order valence-corrected chi connectivity index (χ3v) is 8.60. The van der Waals surface area contributed by atoms with E-state index in [1.807, 2.05) is 24.5 Å². The Labute approximate surface area is 415 Å². The van der Waals surface area contributed by atoms with Gasteiger partial charge in [-0.25, -0.2) is 27.8 Å². The number of hydrogen-bond acceptors (Lipinski definition) is 24. The second-order valence-corrected chi connectivity index (χ2v) is 16.2. The Morgan fingerprint density at radius 1 is 0.857 bits per heavy atom. The van der Waals surface area contributed by atoms with Crippen LogP contribution < -0.4 is 4.74 Å².